The summed E-state index contributed by atoms with van der Waals surface area (Å²) >= 11 is 5.96. The maximum absolute atomic E-state index is 11.5. The smallest absolute Gasteiger partial charge is 0.335 e. The molecule has 1 unspecified atom stereocenters. The molecule has 0 spiro atoms. The first-order valence-electron chi connectivity index (χ1n) is 9.78. The van der Waals surface area contributed by atoms with Gasteiger partial charge in [-0.3, -0.25) is 0 Å². The van der Waals surface area contributed by atoms with Crippen molar-refractivity contribution >= 4 is 17.6 Å². The van der Waals surface area contributed by atoms with Crippen molar-refractivity contribution in [1.29, 1.82) is 0 Å². The third kappa shape index (κ3) is 5.64. The molecule has 2 aromatic rings. The minimum absolute atomic E-state index is 0.127. The summed E-state index contributed by atoms with van der Waals surface area (Å²) in [7, 11) is 0. The number of carboxylic acids is 1. The molecule has 0 amide bonds. The van der Waals surface area contributed by atoms with E-state index in [1.54, 1.807) is 10.8 Å². The minimum atomic E-state index is -1.03. The summed E-state index contributed by atoms with van der Waals surface area (Å²) in [4.78, 5) is 11.5. The summed E-state index contributed by atoms with van der Waals surface area (Å²) in [5.74, 6) is 0.339. The number of carboxylic acid groups (broad SMARTS) is 1. The van der Waals surface area contributed by atoms with E-state index < -0.39 is 5.97 Å². The predicted octanol–water partition coefficient (Wildman–Crippen LogP) is 4.50. The van der Waals surface area contributed by atoms with Gasteiger partial charge < -0.3 is 15.6 Å². The molecule has 154 valence electrons. The van der Waals surface area contributed by atoms with Gasteiger partial charge in [-0.1, -0.05) is 30.7 Å². The van der Waals surface area contributed by atoms with Crippen molar-refractivity contribution in [3.05, 3.63) is 70.5 Å². The lowest BCUT2D eigenvalue weighted by molar-refractivity contribution is -0.132. The van der Waals surface area contributed by atoms with Crippen molar-refractivity contribution in [3.63, 3.8) is 0 Å². The number of aromatic nitrogens is 2. The van der Waals surface area contributed by atoms with Crippen LogP contribution in [0.1, 0.15) is 43.4 Å². The van der Waals surface area contributed by atoms with Crippen LogP contribution < -0.4 is 10.5 Å². The van der Waals surface area contributed by atoms with Crippen molar-refractivity contribution in [2.75, 3.05) is 0 Å². The van der Waals surface area contributed by atoms with Crippen LogP contribution in [0.15, 0.2) is 54.4 Å². The quantitative estimate of drug-likeness (QED) is 0.440. The molecule has 1 aromatic carbocycles. The molecule has 1 aliphatic rings. The van der Waals surface area contributed by atoms with Crippen molar-refractivity contribution in [3.8, 4) is 5.88 Å². The standard InChI is InChI=1S/C22H26ClN3O3/c1-2-20(12-17(9-10-24)22(27)28)26-21(18(13-25-26)11-15-3-4-15)29-14-16-5-7-19(23)8-6-16/h5-10,12-13,15,20H,2-4,11,14,24H2,1H3,(H,27,28)/b10-9-,17-12+. The van der Waals surface area contributed by atoms with Crippen LogP contribution in [0.3, 0.4) is 0 Å². The molecular weight excluding hydrogens is 390 g/mol. The lowest BCUT2D eigenvalue weighted by atomic mass is 10.1. The summed E-state index contributed by atoms with van der Waals surface area (Å²) in [6.07, 6.45) is 10.1. The second-order valence-electron chi connectivity index (χ2n) is 7.24. The fourth-order valence-electron chi connectivity index (χ4n) is 3.16. The maximum atomic E-state index is 11.5. The summed E-state index contributed by atoms with van der Waals surface area (Å²) in [6, 6.07) is 7.26. The fourth-order valence-corrected chi connectivity index (χ4v) is 3.28. The molecule has 7 heteroatoms. The zero-order chi connectivity index (χ0) is 20.8. The van der Waals surface area contributed by atoms with E-state index in [0.29, 0.717) is 29.8 Å². The normalized spacial score (nSPS) is 15.6. The molecule has 0 radical (unpaired) electrons. The molecule has 29 heavy (non-hydrogen) atoms. The Balaban J connectivity index is 1.89. The van der Waals surface area contributed by atoms with Gasteiger partial charge in [-0.15, -0.1) is 0 Å². The van der Waals surface area contributed by atoms with E-state index in [1.165, 1.54) is 25.1 Å². The third-order valence-electron chi connectivity index (χ3n) is 4.94. The van der Waals surface area contributed by atoms with E-state index in [2.05, 4.69) is 5.10 Å². The average Bonchev–Trinajstić information content (AvgIpc) is 3.44. The van der Waals surface area contributed by atoms with E-state index in [-0.39, 0.29) is 11.6 Å². The van der Waals surface area contributed by atoms with Crippen LogP contribution in [0.4, 0.5) is 0 Å². The molecular formula is C22H26ClN3O3. The highest BCUT2D eigenvalue weighted by atomic mass is 35.5. The van der Waals surface area contributed by atoms with E-state index in [4.69, 9.17) is 22.1 Å². The molecule has 1 aromatic heterocycles. The SMILES string of the molecule is CCC(/C=C(\C=C/N)C(=O)O)n1ncc(CC2CC2)c1OCc1ccc(Cl)cc1. The molecule has 1 atom stereocenters. The van der Waals surface area contributed by atoms with Gasteiger partial charge in [0.05, 0.1) is 17.8 Å². The summed E-state index contributed by atoms with van der Waals surface area (Å²) in [5.41, 5.74) is 7.58. The Labute approximate surface area is 175 Å². The molecule has 1 aliphatic carbocycles. The van der Waals surface area contributed by atoms with Gasteiger partial charge in [0.1, 0.15) is 6.61 Å². The number of ether oxygens (including phenoxy) is 1. The van der Waals surface area contributed by atoms with Gasteiger partial charge in [-0.05, 0) is 67.6 Å². The summed E-state index contributed by atoms with van der Waals surface area (Å²) < 4.78 is 7.96. The Morgan fingerprint density at radius 3 is 2.72 bits per heavy atom. The number of benzene rings is 1. The number of nitrogens with two attached hydrogens (primary N) is 1. The lowest BCUT2D eigenvalue weighted by Gasteiger charge is -2.17. The Hall–Kier alpha value is -2.73. The largest absolute Gasteiger partial charge is 0.478 e. The van der Waals surface area contributed by atoms with Crippen molar-refractivity contribution < 1.29 is 14.6 Å². The van der Waals surface area contributed by atoms with Crippen LogP contribution in [-0.2, 0) is 17.8 Å². The van der Waals surface area contributed by atoms with Crippen molar-refractivity contribution in [2.24, 2.45) is 11.7 Å². The Bertz CT molecular complexity index is 899. The maximum Gasteiger partial charge on any atom is 0.335 e. The molecule has 1 fully saturated rings. The number of rotatable bonds is 10. The number of halogens is 1. The van der Waals surface area contributed by atoms with Crippen LogP contribution in [0, 0.1) is 5.92 Å². The van der Waals surface area contributed by atoms with Gasteiger partial charge in [0.15, 0.2) is 0 Å². The monoisotopic (exact) mass is 415 g/mol. The van der Waals surface area contributed by atoms with Crippen LogP contribution >= 0.6 is 11.6 Å². The zero-order valence-corrected chi connectivity index (χ0v) is 17.2. The molecule has 0 aliphatic heterocycles. The highest BCUT2D eigenvalue weighted by Gasteiger charge is 2.26. The van der Waals surface area contributed by atoms with E-state index in [9.17, 15) is 9.90 Å². The third-order valence-corrected chi connectivity index (χ3v) is 5.19. The van der Waals surface area contributed by atoms with Crippen LogP contribution in [0.5, 0.6) is 5.88 Å². The molecule has 3 N–H and O–H groups in total. The fraction of sp³-hybridized carbons (Fsp3) is 0.364. The molecule has 0 saturated heterocycles. The van der Waals surface area contributed by atoms with E-state index in [0.717, 1.165) is 17.5 Å². The number of hydrogen-bond donors (Lipinski definition) is 2. The van der Waals surface area contributed by atoms with Gasteiger partial charge in [0, 0.05) is 10.6 Å². The van der Waals surface area contributed by atoms with Gasteiger partial charge in [-0.25, -0.2) is 9.48 Å². The van der Waals surface area contributed by atoms with Gasteiger partial charge >= 0.3 is 5.97 Å². The number of aliphatic carboxylic acids is 1. The first-order valence-corrected chi connectivity index (χ1v) is 10.2. The van der Waals surface area contributed by atoms with Gasteiger partial charge in [0.25, 0.3) is 0 Å². The minimum Gasteiger partial charge on any atom is -0.478 e. The molecule has 1 saturated carbocycles. The van der Waals surface area contributed by atoms with Gasteiger partial charge in [0.2, 0.25) is 5.88 Å². The Kier molecular flexibility index (Phi) is 6.99. The lowest BCUT2D eigenvalue weighted by Crippen LogP contribution is -2.13. The first kappa shape index (κ1) is 21.0. The molecule has 1 heterocycles. The highest BCUT2D eigenvalue weighted by Crippen LogP contribution is 2.36. The second kappa shape index (κ2) is 9.65. The molecule has 3 rings (SSSR count). The van der Waals surface area contributed by atoms with E-state index >= 15 is 0 Å². The molecule has 6 nitrogen and oxygen atoms in total. The zero-order valence-electron chi connectivity index (χ0n) is 16.4. The van der Waals surface area contributed by atoms with Gasteiger partial charge in [-0.2, -0.15) is 5.10 Å². The summed E-state index contributed by atoms with van der Waals surface area (Å²) in [5, 5.41) is 14.6. The van der Waals surface area contributed by atoms with Crippen LogP contribution in [0.2, 0.25) is 5.02 Å². The number of hydrogen-bond acceptors (Lipinski definition) is 4. The second-order valence-corrected chi connectivity index (χ2v) is 7.68. The number of carbonyl (C=O) groups is 1. The Morgan fingerprint density at radius 2 is 2.14 bits per heavy atom. The van der Waals surface area contributed by atoms with Crippen molar-refractivity contribution in [2.45, 2.75) is 45.3 Å². The average molecular weight is 416 g/mol. The predicted molar refractivity (Wildman–Crippen MR) is 113 cm³/mol. The highest BCUT2D eigenvalue weighted by molar-refractivity contribution is 6.30. The summed E-state index contributed by atoms with van der Waals surface area (Å²) in [6.45, 7) is 2.37. The van der Waals surface area contributed by atoms with Crippen LogP contribution in [-0.4, -0.2) is 20.9 Å². The van der Waals surface area contributed by atoms with Crippen molar-refractivity contribution in [1.82, 2.24) is 9.78 Å². The van der Waals surface area contributed by atoms with E-state index in [1.807, 2.05) is 37.4 Å². The number of allylic oxidation sites excluding steroid dienone is 1. The number of nitrogens with zero attached hydrogens (tertiary/aromatic N) is 2. The molecule has 0 bridgehead atoms. The Morgan fingerprint density at radius 1 is 1.41 bits per heavy atom. The first-order chi connectivity index (χ1) is 14.0. The van der Waals surface area contributed by atoms with Crippen LogP contribution in [0.25, 0.3) is 0 Å². The topological polar surface area (TPSA) is 90.4 Å².